The summed E-state index contributed by atoms with van der Waals surface area (Å²) >= 11 is 1.16. The maximum absolute atomic E-state index is 11.5. The van der Waals surface area contributed by atoms with Gasteiger partial charge in [0.1, 0.15) is 0 Å². The van der Waals surface area contributed by atoms with Crippen molar-refractivity contribution in [2.45, 2.75) is 43.6 Å². The Labute approximate surface area is 109 Å². The molecular formula is C9H16N6O2S. The van der Waals surface area contributed by atoms with E-state index in [4.69, 9.17) is 5.73 Å². The van der Waals surface area contributed by atoms with Gasteiger partial charge in [0.2, 0.25) is 11.1 Å². The van der Waals surface area contributed by atoms with E-state index in [1.54, 1.807) is 11.6 Å². The van der Waals surface area contributed by atoms with E-state index in [1.807, 2.05) is 26.1 Å². The molecule has 0 fully saturated rings. The first-order valence-corrected chi connectivity index (χ1v) is 6.15. The molecule has 1 atom stereocenters. The van der Waals surface area contributed by atoms with Crippen LogP contribution < -0.4 is 11.1 Å². The average Bonchev–Trinajstić information content (AvgIpc) is 2.63. The molecule has 0 aliphatic rings. The number of amides is 3. The normalized spacial score (nSPS) is 13.1. The molecule has 0 saturated heterocycles. The van der Waals surface area contributed by atoms with Gasteiger partial charge >= 0.3 is 6.03 Å². The summed E-state index contributed by atoms with van der Waals surface area (Å²) in [4.78, 5) is 22.1. The van der Waals surface area contributed by atoms with E-state index < -0.39 is 17.2 Å². The number of carbonyl (C=O) groups is 2. The van der Waals surface area contributed by atoms with E-state index in [-0.39, 0.29) is 5.54 Å². The number of nitrogens with two attached hydrogens (primary N) is 1. The summed E-state index contributed by atoms with van der Waals surface area (Å²) in [5, 5.41) is 13.3. The van der Waals surface area contributed by atoms with Crippen molar-refractivity contribution in [3.05, 3.63) is 0 Å². The Morgan fingerprint density at radius 1 is 1.44 bits per heavy atom. The van der Waals surface area contributed by atoms with Crippen LogP contribution in [0, 0.1) is 0 Å². The van der Waals surface area contributed by atoms with Gasteiger partial charge in [-0.25, -0.2) is 9.48 Å². The largest absolute Gasteiger partial charge is 0.351 e. The van der Waals surface area contributed by atoms with Crippen molar-refractivity contribution >= 4 is 23.7 Å². The number of carbonyl (C=O) groups excluding carboxylic acids is 2. The Kier molecular flexibility index (Phi) is 4.28. The lowest BCUT2D eigenvalue weighted by molar-refractivity contribution is -0.119. The SMILES string of the molecule is CC(Sc1nnnn1C(C)(C)C)C(=O)NC(N)=O. The van der Waals surface area contributed by atoms with E-state index in [0.717, 1.165) is 11.8 Å². The van der Waals surface area contributed by atoms with E-state index in [1.165, 1.54) is 0 Å². The molecule has 1 aromatic rings. The third-order valence-corrected chi connectivity index (χ3v) is 3.01. The minimum atomic E-state index is -0.872. The molecule has 8 nitrogen and oxygen atoms in total. The number of rotatable bonds is 3. The number of aromatic nitrogens is 4. The zero-order valence-electron chi connectivity index (χ0n) is 10.7. The van der Waals surface area contributed by atoms with E-state index in [9.17, 15) is 9.59 Å². The number of tetrazole rings is 1. The molecular weight excluding hydrogens is 256 g/mol. The quantitative estimate of drug-likeness (QED) is 0.754. The summed E-state index contributed by atoms with van der Waals surface area (Å²) in [5.41, 5.74) is 4.59. The van der Waals surface area contributed by atoms with Gasteiger partial charge in [0.15, 0.2) is 0 Å². The third-order valence-electron chi connectivity index (χ3n) is 1.97. The summed E-state index contributed by atoms with van der Waals surface area (Å²) in [7, 11) is 0. The molecule has 100 valence electrons. The second kappa shape index (κ2) is 5.34. The standard InChI is InChI=1S/C9H16N6O2S/c1-5(6(16)11-7(10)17)18-8-12-13-14-15(8)9(2,3)4/h5H,1-4H3,(H3,10,11,16,17). The fourth-order valence-corrected chi connectivity index (χ4v) is 2.08. The average molecular weight is 272 g/mol. The van der Waals surface area contributed by atoms with Crippen molar-refractivity contribution in [3.63, 3.8) is 0 Å². The molecule has 1 unspecified atom stereocenters. The van der Waals surface area contributed by atoms with Gasteiger partial charge in [0.25, 0.3) is 0 Å². The van der Waals surface area contributed by atoms with Crippen LogP contribution in [0.5, 0.6) is 0 Å². The molecule has 0 radical (unpaired) electrons. The van der Waals surface area contributed by atoms with Gasteiger partial charge in [-0.05, 0) is 38.1 Å². The van der Waals surface area contributed by atoms with Crippen molar-refractivity contribution < 1.29 is 9.59 Å². The summed E-state index contributed by atoms with van der Waals surface area (Å²) in [6, 6.07) is -0.872. The summed E-state index contributed by atoms with van der Waals surface area (Å²) in [6.45, 7) is 7.48. The molecule has 3 N–H and O–H groups in total. The van der Waals surface area contributed by atoms with Crippen LogP contribution in [0.15, 0.2) is 5.16 Å². The highest BCUT2D eigenvalue weighted by molar-refractivity contribution is 8.00. The van der Waals surface area contributed by atoms with Gasteiger partial charge in [0.05, 0.1) is 10.8 Å². The fourth-order valence-electron chi connectivity index (χ4n) is 1.11. The van der Waals surface area contributed by atoms with Crippen LogP contribution in [0.25, 0.3) is 0 Å². The molecule has 0 saturated carbocycles. The van der Waals surface area contributed by atoms with E-state index in [2.05, 4.69) is 15.5 Å². The van der Waals surface area contributed by atoms with E-state index in [0.29, 0.717) is 5.16 Å². The molecule has 1 rings (SSSR count). The Morgan fingerprint density at radius 2 is 2.06 bits per heavy atom. The first-order valence-electron chi connectivity index (χ1n) is 5.27. The highest BCUT2D eigenvalue weighted by atomic mass is 32.2. The fraction of sp³-hybridized carbons (Fsp3) is 0.667. The predicted octanol–water partition coefficient (Wildman–Crippen LogP) is 0.104. The number of nitrogens with one attached hydrogen (secondary N) is 1. The number of primary amides is 1. The minimum absolute atomic E-state index is 0.286. The van der Waals surface area contributed by atoms with E-state index >= 15 is 0 Å². The first kappa shape index (κ1) is 14.4. The van der Waals surface area contributed by atoms with Gasteiger partial charge < -0.3 is 5.73 Å². The number of imide groups is 1. The molecule has 3 amide bonds. The highest BCUT2D eigenvalue weighted by Gasteiger charge is 2.24. The van der Waals surface area contributed by atoms with Gasteiger partial charge in [-0.1, -0.05) is 11.8 Å². The van der Waals surface area contributed by atoms with Crippen LogP contribution in [0.1, 0.15) is 27.7 Å². The molecule has 0 aliphatic heterocycles. The summed E-state index contributed by atoms with van der Waals surface area (Å²) in [6.07, 6.45) is 0. The van der Waals surface area contributed by atoms with Crippen molar-refractivity contribution in [1.82, 2.24) is 25.5 Å². The maximum atomic E-state index is 11.5. The number of thioether (sulfide) groups is 1. The van der Waals surface area contributed by atoms with Crippen LogP contribution in [-0.2, 0) is 10.3 Å². The number of urea groups is 1. The zero-order valence-corrected chi connectivity index (χ0v) is 11.5. The molecule has 0 spiro atoms. The predicted molar refractivity (Wildman–Crippen MR) is 65.9 cm³/mol. The number of nitrogens with zero attached hydrogens (tertiary/aromatic N) is 4. The lowest BCUT2D eigenvalue weighted by Gasteiger charge is -2.20. The lowest BCUT2D eigenvalue weighted by Crippen LogP contribution is -2.39. The van der Waals surface area contributed by atoms with Gasteiger partial charge in [-0.3, -0.25) is 10.1 Å². The molecule has 0 aliphatic carbocycles. The zero-order chi connectivity index (χ0) is 13.9. The second-order valence-electron chi connectivity index (χ2n) is 4.66. The van der Waals surface area contributed by atoms with Crippen molar-refractivity contribution in [3.8, 4) is 0 Å². The summed E-state index contributed by atoms with van der Waals surface area (Å²) < 4.78 is 1.62. The lowest BCUT2D eigenvalue weighted by atomic mass is 10.1. The smallest absolute Gasteiger partial charge is 0.318 e. The summed E-state index contributed by atoms with van der Waals surface area (Å²) in [5.74, 6) is -0.476. The van der Waals surface area contributed by atoms with Crippen LogP contribution in [0.3, 0.4) is 0 Å². The molecule has 1 heterocycles. The number of hydrogen-bond acceptors (Lipinski definition) is 6. The van der Waals surface area contributed by atoms with Crippen LogP contribution in [0.4, 0.5) is 4.79 Å². The molecule has 9 heteroatoms. The monoisotopic (exact) mass is 272 g/mol. The Morgan fingerprint density at radius 3 is 2.56 bits per heavy atom. The first-order chi connectivity index (χ1) is 8.21. The molecule has 0 bridgehead atoms. The maximum Gasteiger partial charge on any atom is 0.318 e. The molecule has 0 aromatic carbocycles. The van der Waals surface area contributed by atoms with Crippen LogP contribution in [0.2, 0.25) is 0 Å². The van der Waals surface area contributed by atoms with Crippen LogP contribution >= 0.6 is 11.8 Å². The van der Waals surface area contributed by atoms with Gasteiger partial charge in [-0.2, -0.15) is 0 Å². The molecule has 1 aromatic heterocycles. The van der Waals surface area contributed by atoms with Crippen molar-refractivity contribution in [2.75, 3.05) is 0 Å². The second-order valence-corrected chi connectivity index (χ2v) is 5.97. The Bertz CT molecular complexity index is 452. The van der Waals surface area contributed by atoms with Gasteiger partial charge in [-0.15, -0.1) is 5.10 Å². The number of hydrogen-bond donors (Lipinski definition) is 2. The third kappa shape index (κ3) is 3.69. The Balaban J connectivity index is 2.77. The van der Waals surface area contributed by atoms with Crippen LogP contribution in [-0.4, -0.2) is 37.4 Å². The molecule has 18 heavy (non-hydrogen) atoms. The van der Waals surface area contributed by atoms with Crippen molar-refractivity contribution in [2.24, 2.45) is 5.73 Å². The Hall–Kier alpha value is -1.64. The minimum Gasteiger partial charge on any atom is -0.351 e. The topological polar surface area (TPSA) is 116 Å². The van der Waals surface area contributed by atoms with Crippen molar-refractivity contribution in [1.29, 1.82) is 0 Å². The highest BCUT2D eigenvalue weighted by Crippen LogP contribution is 2.24. The van der Waals surface area contributed by atoms with Gasteiger partial charge in [0, 0.05) is 0 Å².